The van der Waals surface area contributed by atoms with E-state index < -0.39 is 41.8 Å². The summed E-state index contributed by atoms with van der Waals surface area (Å²) in [6.45, 7) is 1.82. The van der Waals surface area contributed by atoms with Crippen molar-refractivity contribution >= 4 is 23.8 Å². The van der Waals surface area contributed by atoms with E-state index in [1.807, 2.05) is 0 Å². The lowest BCUT2D eigenvalue weighted by molar-refractivity contribution is -0.158. The van der Waals surface area contributed by atoms with Crippen molar-refractivity contribution in [3.05, 3.63) is 0 Å². The molecule has 2 aliphatic heterocycles. The van der Waals surface area contributed by atoms with Crippen molar-refractivity contribution in [1.29, 1.82) is 0 Å². The molecule has 0 radical (unpaired) electrons. The van der Waals surface area contributed by atoms with E-state index in [1.165, 1.54) is 19.0 Å². The monoisotopic (exact) mass is 283 g/mol. The zero-order valence-corrected chi connectivity index (χ0v) is 11.6. The summed E-state index contributed by atoms with van der Waals surface area (Å²) in [7, 11) is 2.89. The van der Waals surface area contributed by atoms with E-state index in [0.717, 1.165) is 4.90 Å². The van der Waals surface area contributed by atoms with Gasteiger partial charge < -0.3 is 15.0 Å². The smallest absolute Gasteiger partial charge is 0.327 e. The van der Waals surface area contributed by atoms with E-state index in [0.29, 0.717) is 0 Å². The largest absolute Gasteiger partial charge is 0.465 e. The minimum Gasteiger partial charge on any atom is -0.465 e. The molecule has 2 heterocycles. The molecule has 0 aromatic rings. The lowest BCUT2D eigenvalue weighted by Gasteiger charge is -2.45. The van der Waals surface area contributed by atoms with Crippen LogP contribution in [0.1, 0.15) is 13.3 Å². The first-order valence-corrected chi connectivity index (χ1v) is 6.39. The highest BCUT2D eigenvalue weighted by Crippen LogP contribution is 2.30. The number of urea groups is 1. The van der Waals surface area contributed by atoms with Gasteiger partial charge in [-0.2, -0.15) is 0 Å². The third kappa shape index (κ3) is 2.10. The number of ether oxygens (including phenoxy) is 1. The summed E-state index contributed by atoms with van der Waals surface area (Å²) >= 11 is 0. The molecule has 8 heteroatoms. The van der Waals surface area contributed by atoms with E-state index in [2.05, 4.69) is 5.32 Å². The Kier molecular flexibility index (Phi) is 3.65. The van der Waals surface area contributed by atoms with Crippen molar-refractivity contribution in [2.45, 2.75) is 19.5 Å². The summed E-state index contributed by atoms with van der Waals surface area (Å²) in [5.74, 6) is -3.18. The Bertz CT molecular complexity index is 478. The highest BCUT2D eigenvalue weighted by atomic mass is 16.5. The predicted molar refractivity (Wildman–Crippen MR) is 66.1 cm³/mol. The van der Waals surface area contributed by atoms with Crippen LogP contribution < -0.4 is 5.32 Å². The first-order valence-electron chi connectivity index (χ1n) is 6.39. The maximum absolute atomic E-state index is 12.1. The molecule has 8 nitrogen and oxygen atoms in total. The number of nitrogens with one attached hydrogen (secondary N) is 1. The van der Waals surface area contributed by atoms with Crippen molar-refractivity contribution in [3.63, 3.8) is 0 Å². The molecule has 110 valence electrons. The van der Waals surface area contributed by atoms with Gasteiger partial charge in [0.15, 0.2) is 0 Å². The molecule has 2 rings (SSSR count). The van der Waals surface area contributed by atoms with Crippen molar-refractivity contribution in [1.82, 2.24) is 15.1 Å². The van der Waals surface area contributed by atoms with Gasteiger partial charge in [0.05, 0.1) is 12.5 Å². The molecule has 3 atom stereocenters. The Hall–Kier alpha value is -2.12. The summed E-state index contributed by atoms with van der Waals surface area (Å²) in [6.07, 6.45) is -0.653. The number of carbonyl (C=O) groups is 4. The van der Waals surface area contributed by atoms with Crippen LogP contribution in [0, 0.1) is 11.8 Å². The average molecular weight is 283 g/mol. The number of hydrogen-bond donors (Lipinski definition) is 1. The number of imide groups is 1. The second-order valence-corrected chi connectivity index (χ2v) is 4.89. The molecule has 2 saturated heterocycles. The van der Waals surface area contributed by atoms with Gasteiger partial charge in [-0.15, -0.1) is 0 Å². The molecule has 4 amide bonds. The molecular weight excluding hydrogens is 266 g/mol. The van der Waals surface area contributed by atoms with Gasteiger partial charge in [0.25, 0.3) is 0 Å². The highest BCUT2D eigenvalue weighted by Gasteiger charge is 2.50. The second-order valence-electron chi connectivity index (χ2n) is 4.89. The Morgan fingerprint density at radius 1 is 1.35 bits per heavy atom. The molecule has 0 spiro atoms. The van der Waals surface area contributed by atoms with Crippen LogP contribution in [0.25, 0.3) is 0 Å². The first-order chi connectivity index (χ1) is 9.38. The van der Waals surface area contributed by atoms with Gasteiger partial charge in [0.2, 0.25) is 11.8 Å². The van der Waals surface area contributed by atoms with Gasteiger partial charge in [-0.25, -0.2) is 4.79 Å². The normalized spacial score (nSPS) is 29.9. The van der Waals surface area contributed by atoms with Gasteiger partial charge >= 0.3 is 12.0 Å². The predicted octanol–water partition coefficient (Wildman–Crippen LogP) is -0.848. The molecule has 0 aromatic carbocycles. The summed E-state index contributed by atoms with van der Waals surface area (Å²) in [6, 6.07) is -0.480. The summed E-state index contributed by atoms with van der Waals surface area (Å²) in [5.41, 5.74) is 0. The Morgan fingerprint density at radius 3 is 2.60 bits per heavy atom. The van der Waals surface area contributed by atoms with Crippen LogP contribution in [0.2, 0.25) is 0 Å². The molecule has 2 aliphatic rings. The third-order valence-corrected chi connectivity index (χ3v) is 3.70. The summed E-state index contributed by atoms with van der Waals surface area (Å²) < 4.78 is 4.84. The maximum Gasteiger partial charge on any atom is 0.327 e. The fourth-order valence-electron chi connectivity index (χ4n) is 2.58. The van der Waals surface area contributed by atoms with Gasteiger partial charge in [-0.05, 0) is 13.3 Å². The summed E-state index contributed by atoms with van der Waals surface area (Å²) in [4.78, 5) is 49.9. The second kappa shape index (κ2) is 5.10. The number of rotatable bonds is 2. The number of carbonyl (C=O) groups excluding carboxylic acids is 4. The summed E-state index contributed by atoms with van der Waals surface area (Å²) in [5, 5.41) is 2.56. The fourth-order valence-corrected chi connectivity index (χ4v) is 2.58. The van der Waals surface area contributed by atoms with Crippen LogP contribution in [0.15, 0.2) is 0 Å². The van der Waals surface area contributed by atoms with E-state index in [1.54, 1.807) is 6.92 Å². The highest BCUT2D eigenvalue weighted by molar-refractivity contribution is 6.03. The van der Waals surface area contributed by atoms with Crippen molar-refractivity contribution in [2.75, 3.05) is 20.7 Å². The quantitative estimate of drug-likeness (QED) is 0.526. The molecule has 0 bridgehead atoms. The number of nitrogens with zero attached hydrogens (tertiary/aromatic N) is 2. The molecule has 1 N–H and O–H groups in total. The lowest BCUT2D eigenvalue weighted by Crippen LogP contribution is -2.68. The van der Waals surface area contributed by atoms with Crippen LogP contribution in [0.4, 0.5) is 4.79 Å². The Labute approximate surface area is 116 Å². The Balaban J connectivity index is 2.23. The molecule has 3 unspecified atom stereocenters. The maximum atomic E-state index is 12.1. The fraction of sp³-hybridized carbons (Fsp3) is 0.667. The zero-order valence-electron chi connectivity index (χ0n) is 11.6. The van der Waals surface area contributed by atoms with Gasteiger partial charge in [0.1, 0.15) is 12.1 Å². The van der Waals surface area contributed by atoms with Crippen LogP contribution in [-0.4, -0.2) is 60.5 Å². The standard InChI is InChI=1S/C12H17N3O5/c1-4-20-11(18)7-5-6-8(13-9(7)16)14(2)12(19)15(3)10(6)17/h6-8H,4-5H2,1-3H3,(H,13,16). The zero-order chi connectivity index (χ0) is 15.0. The lowest BCUT2D eigenvalue weighted by atomic mass is 9.84. The minimum absolute atomic E-state index is 0.0517. The molecule has 0 saturated carbocycles. The van der Waals surface area contributed by atoms with Crippen molar-refractivity contribution in [2.24, 2.45) is 11.8 Å². The Morgan fingerprint density at radius 2 is 2.00 bits per heavy atom. The number of amides is 4. The van der Waals surface area contributed by atoms with Crippen LogP contribution >= 0.6 is 0 Å². The molecule has 0 aromatic heterocycles. The van der Waals surface area contributed by atoms with E-state index in [9.17, 15) is 19.2 Å². The van der Waals surface area contributed by atoms with E-state index >= 15 is 0 Å². The third-order valence-electron chi connectivity index (χ3n) is 3.70. The van der Waals surface area contributed by atoms with Crippen molar-refractivity contribution < 1.29 is 23.9 Å². The van der Waals surface area contributed by atoms with Crippen molar-refractivity contribution in [3.8, 4) is 0 Å². The first kappa shape index (κ1) is 14.3. The minimum atomic E-state index is -1.00. The topological polar surface area (TPSA) is 96.0 Å². The van der Waals surface area contributed by atoms with Gasteiger partial charge in [-0.1, -0.05) is 0 Å². The van der Waals surface area contributed by atoms with Crippen LogP contribution in [0.5, 0.6) is 0 Å². The number of esters is 1. The number of piperidine rings is 1. The molecule has 0 aliphatic carbocycles. The SMILES string of the molecule is CCOC(=O)C1CC2C(=O)N(C)C(=O)N(C)C2NC1=O. The average Bonchev–Trinajstić information content (AvgIpc) is 2.42. The van der Waals surface area contributed by atoms with E-state index in [4.69, 9.17) is 4.74 Å². The molecule has 2 fully saturated rings. The number of fused-ring (bicyclic) bond motifs is 1. The molecular formula is C12H17N3O5. The van der Waals surface area contributed by atoms with Crippen LogP contribution in [-0.2, 0) is 19.1 Å². The van der Waals surface area contributed by atoms with Crippen LogP contribution in [0.3, 0.4) is 0 Å². The number of hydrogen-bond acceptors (Lipinski definition) is 5. The van der Waals surface area contributed by atoms with Gasteiger partial charge in [0, 0.05) is 14.1 Å². The van der Waals surface area contributed by atoms with E-state index in [-0.39, 0.29) is 13.0 Å². The van der Waals surface area contributed by atoms with Gasteiger partial charge in [-0.3, -0.25) is 19.3 Å². The molecule has 20 heavy (non-hydrogen) atoms.